The summed E-state index contributed by atoms with van der Waals surface area (Å²) in [5.41, 5.74) is 1.28. The Kier molecular flexibility index (Phi) is 4.48. The number of hydrogen-bond donors (Lipinski definition) is 1. The minimum absolute atomic E-state index is 0.213. The molecule has 2 saturated heterocycles. The number of carbonyl (C=O) groups is 1. The molecule has 0 spiro atoms. The Morgan fingerprint density at radius 1 is 1.19 bits per heavy atom. The number of benzene rings is 1. The number of carbonyl (C=O) groups excluding carboxylic acids is 1. The van der Waals surface area contributed by atoms with Crippen LogP contribution in [0.1, 0.15) is 18.5 Å². The standard InChI is InChI=1S/C16H22ClN3O/c1-12(13-2-4-15(17)5-3-13)19-6-8-20(9-7-19)16(21)14-10-18-11-14/h2-5,12,14,18H,6-11H2,1H3. The lowest BCUT2D eigenvalue weighted by Gasteiger charge is -2.40. The van der Waals surface area contributed by atoms with Gasteiger partial charge in [0, 0.05) is 50.3 Å². The van der Waals surface area contributed by atoms with Gasteiger partial charge >= 0.3 is 0 Å². The van der Waals surface area contributed by atoms with E-state index < -0.39 is 0 Å². The van der Waals surface area contributed by atoms with E-state index in [1.165, 1.54) is 5.56 Å². The first kappa shape index (κ1) is 14.8. The molecule has 1 unspecified atom stereocenters. The minimum Gasteiger partial charge on any atom is -0.340 e. The first-order valence-corrected chi connectivity index (χ1v) is 8.02. The Morgan fingerprint density at radius 2 is 1.81 bits per heavy atom. The van der Waals surface area contributed by atoms with Crippen molar-refractivity contribution >= 4 is 17.5 Å². The highest BCUT2D eigenvalue weighted by molar-refractivity contribution is 6.30. The molecule has 1 aromatic rings. The average Bonchev–Trinajstić information content (AvgIpc) is 2.46. The lowest BCUT2D eigenvalue weighted by atomic mass is 10.0. The lowest BCUT2D eigenvalue weighted by Crippen LogP contribution is -2.56. The van der Waals surface area contributed by atoms with Crippen molar-refractivity contribution < 1.29 is 4.79 Å². The van der Waals surface area contributed by atoms with Gasteiger partial charge in [-0.25, -0.2) is 0 Å². The molecule has 2 aliphatic heterocycles. The third kappa shape index (κ3) is 3.23. The van der Waals surface area contributed by atoms with Crippen molar-refractivity contribution in [2.24, 2.45) is 5.92 Å². The van der Waals surface area contributed by atoms with Crippen LogP contribution >= 0.6 is 11.6 Å². The topological polar surface area (TPSA) is 35.6 Å². The number of hydrogen-bond acceptors (Lipinski definition) is 3. The number of halogens is 1. The van der Waals surface area contributed by atoms with Crippen LogP contribution in [0, 0.1) is 5.92 Å². The Bertz CT molecular complexity index is 493. The third-order valence-electron chi connectivity index (χ3n) is 4.66. The molecule has 5 heteroatoms. The molecule has 0 bridgehead atoms. The van der Waals surface area contributed by atoms with E-state index in [2.05, 4.69) is 29.3 Å². The van der Waals surface area contributed by atoms with Gasteiger partial charge in [-0.1, -0.05) is 23.7 Å². The second-order valence-electron chi connectivity index (χ2n) is 5.94. The Hall–Kier alpha value is -1.10. The molecule has 3 rings (SSSR count). The minimum atomic E-state index is 0.213. The van der Waals surface area contributed by atoms with E-state index in [4.69, 9.17) is 11.6 Å². The average molecular weight is 308 g/mol. The molecule has 2 fully saturated rings. The fraction of sp³-hybridized carbons (Fsp3) is 0.562. The maximum absolute atomic E-state index is 12.2. The number of nitrogens with one attached hydrogen (secondary N) is 1. The fourth-order valence-electron chi connectivity index (χ4n) is 3.00. The van der Waals surface area contributed by atoms with Gasteiger partial charge in [0.2, 0.25) is 5.91 Å². The largest absolute Gasteiger partial charge is 0.340 e. The summed E-state index contributed by atoms with van der Waals surface area (Å²) in [6.07, 6.45) is 0. The van der Waals surface area contributed by atoms with Gasteiger partial charge in [0.1, 0.15) is 0 Å². The van der Waals surface area contributed by atoms with Gasteiger partial charge in [-0.05, 0) is 24.6 Å². The molecule has 1 atom stereocenters. The zero-order chi connectivity index (χ0) is 14.8. The molecule has 1 aromatic carbocycles. The predicted molar refractivity (Wildman–Crippen MR) is 84.4 cm³/mol. The molecule has 0 aliphatic carbocycles. The summed E-state index contributed by atoms with van der Waals surface area (Å²) in [5, 5.41) is 3.94. The molecule has 4 nitrogen and oxygen atoms in total. The summed E-state index contributed by atoms with van der Waals surface area (Å²) in [4.78, 5) is 16.7. The van der Waals surface area contributed by atoms with Gasteiger partial charge in [-0.15, -0.1) is 0 Å². The molecule has 21 heavy (non-hydrogen) atoms. The molecular formula is C16H22ClN3O. The molecule has 2 aliphatic rings. The number of piperazine rings is 1. The van der Waals surface area contributed by atoms with Crippen molar-refractivity contribution in [2.75, 3.05) is 39.3 Å². The van der Waals surface area contributed by atoms with E-state index in [0.717, 1.165) is 44.3 Å². The second-order valence-corrected chi connectivity index (χ2v) is 6.38. The van der Waals surface area contributed by atoms with Crippen LogP contribution in [0.2, 0.25) is 5.02 Å². The van der Waals surface area contributed by atoms with Crippen LogP contribution in [0.4, 0.5) is 0 Å². The smallest absolute Gasteiger partial charge is 0.228 e. The number of nitrogens with zero attached hydrogens (tertiary/aromatic N) is 2. The molecule has 1 amide bonds. The third-order valence-corrected chi connectivity index (χ3v) is 4.91. The molecular weight excluding hydrogens is 286 g/mol. The van der Waals surface area contributed by atoms with E-state index in [0.29, 0.717) is 11.9 Å². The van der Waals surface area contributed by atoms with Gasteiger partial charge in [0.05, 0.1) is 5.92 Å². The van der Waals surface area contributed by atoms with Gasteiger partial charge in [0.15, 0.2) is 0 Å². The first-order chi connectivity index (χ1) is 10.1. The molecule has 0 aromatic heterocycles. The van der Waals surface area contributed by atoms with Gasteiger partial charge in [-0.2, -0.15) is 0 Å². The Morgan fingerprint density at radius 3 is 2.33 bits per heavy atom. The quantitative estimate of drug-likeness (QED) is 0.924. The van der Waals surface area contributed by atoms with Gasteiger partial charge in [0.25, 0.3) is 0 Å². The zero-order valence-corrected chi connectivity index (χ0v) is 13.1. The highest BCUT2D eigenvalue weighted by Gasteiger charge is 2.31. The van der Waals surface area contributed by atoms with E-state index in [-0.39, 0.29) is 5.92 Å². The summed E-state index contributed by atoms with van der Waals surface area (Å²) < 4.78 is 0. The van der Waals surface area contributed by atoms with Crippen LogP contribution in [-0.2, 0) is 4.79 Å². The van der Waals surface area contributed by atoms with Crippen molar-refractivity contribution in [2.45, 2.75) is 13.0 Å². The maximum Gasteiger partial charge on any atom is 0.228 e. The molecule has 1 N–H and O–H groups in total. The van der Waals surface area contributed by atoms with Gasteiger partial charge < -0.3 is 10.2 Å². The van der Waals surface area contributed by atoms with Crippen molar-refractivity contribution in [1.82, 2.24) is 15.1 Å². The zero-order valence-electron chi connectivity index (χ0n) is 12.4. The van der Waals surface area contributed by atoms with Crippen molar-refractivity contribution in [3.63, 3.8) is 0 Å². The molecule has 114 valence electrons. The molecule has 0 radical (unpaired) electrons. The van der Waals surface area contributed by atoms with Crippen molar-refractivity contribution in [3.8, 4) is 0 Å². The summed E-state index contributed by atoms with van der Waals surface area (Å²) in [6, 6.07) is 8.42. The predicted octanol–water partition coefficient (Wildman–Crippen LogP) is 1.76. The van der Waals surface area contributed by atoms with Crippen LogP contribution in [-0.4, -0.2) is 55.0 Å². The Balaban J connectivity index is 1.55. The van der Waals surface area contributed by atoms with Crippen LogP contribution in [0.3, 0.4) is 0 Å². The molecule has 2 heterocycles. The summed E-state index contributed by atoms with van der Waals surface area (Å²) in [5.74, 6) is 0.540. The fourth-order valence-corrected chi connectivity index (χ4v) is 3.13. The highest BCUT2D eigenvalue weighted by atomic mass is 35.5. The van der Waals surface area contributed by atoms with E-state index >= 15 is 0 Å². The van der Waals surface area contributed by atoms with E-state index in [1.54, 1.807) is 0 Å². The first-order valence-electron chi connectivity index (χ1n) is 7.64. The van der Waals surface area contributed by atoms with Crippen molar-refractivity contribution in [1.29, 1.82) is 0 Å². The summed E-state index contributed by atoms with van der Waals surface area (Å²) in [6.45, 7) is 7.48. The summed E-state index contributed by atoms with van der Waals surface area (Å²) in [7, 11) is 0. The SMILES string of the molecule is CC(c1ccc(Cl)cc1)N1CCN(C(=O)C2CNC2)CC1. The van der Waals surface area contributed by atoms with Crippen LogP contribution < -0.4 is 5.32 Å². The highest BCUT2D eigenvalue weighted by Crippen LogP contribution is 2.23. The molecule has 0 saturated carbocycles. The summed E-state index contributed by atoms with van der Waals surface area (Å²) >= 11 is 5.94. The number of amides is 1. The van der Waals surface area contributed by atoms with Crippen LogP contribution in [0.15, 0.2) is 24.3 Å². The Labute approximate surface area is 131 Å². The lowest BCUT2D eigenvalue weighted by molar-refractivity contribution is -0.139. The van der Waals surface area contributed by atoms with Gasteiger partial charge in [-0.3, -0.25) is 9.69 Å². The second kappa shape index (κ2) is 6.34. The van der Waals surface area contributed by atoms with E-state index in [9.17, 15) is 4.79 Å². The van der Waals surface area contributed by atoms with Crippen LogP contribution in [0.25, 0.3) is 0 Å². The monoisotopic (exact) mass is 307 g/mol. The number of rotatable bonds is 3. The van der Waals surface area contributed by atoms with E-state index in [1.807, 2.05) is 17.0 Å². The van der Waals surface area contributed by atoms with Crippen LogP contribution in [0.5, 0.6) is 0 Å². The van der Waals surface area contributed by atoms with Crippen molar-refractivity contribution in [3.05, 3.63) is 34.9 Å². The maximum atomic E-state index is 12.2. The normalized spacial score (nSPS) is 21.9.